The molecule has 0 N–H and O–H groups in total. The number of carbonyl (C=O) groups is 1. The van der Waals surface area contributed by atoms with E-state index in [4.69, 9.17) is 0 Å². The van der Waals surface area contributed by atoms with Crippen molar-refractivity contribution in [2.24, 2.45) is 5.41 Å². The molecule has 0 radical (unpaired) electrons. The van der Waals surface area contributed by atoms with Crippen molar-refractivity contribution in [2.45, 2.75) is 25.7 Å². The van der Waals surface area contributed by atoms with Gasteiger partial charge in [-0.05, 0) is 17.5 Å². The SMILES string of the molecule is CC(C)(C)C(=O)CN1c2cccc3cccc(c23)S1(=O)=O. The molecule has 1 aliphatic heterocycles. The molecule has 0 atom stereocenters. The summed E-state index contributed by atoms with van der Waals surface area (Å²) in [7, 11) is -3.64. The van der Waals surface area contributed by atoms with Crippen LogP contribution in [0.5, 0.6) is 0 Å². The number of Topliss-reactive ketones (excluding diaryl/α,β-unsaturated/α-hetero) is 1. The van der Waals surface area contributed by atoms with Gasteiger partial charge in [-0.25, -0.2) is 8.42 Å². The second kappa shape index (κ2) is 4.31. The summed E-state index contributed by atoms with van der Waals surface area (Å²) in [6.07, 6.45) is 0. The van der Waals surface area contributed by atoms with Crippen LogP contribution in [-0.4, -0.2) is 20.7 Å². The molecule has 0 unspecified atom stereocenters. The quantitative estimate of drug-likeness (QED) is 0.857. The van der Waals surface area contributed by atoms with Crippen molar-refractivity contribution in [1.82, 2.24) is 0 Å². The third-order valence-electron chi connectivity index (χ3n) is 3.80. The Morgan fingerprint density at radius 2 is 1.71 bits per heavy atom. The second-order valence-electron chi connectivity index (χ2n) is 6.32. The van der Waals surface area contributed by atoms with Crippen molar-refractivity contribution < 1.29 is 13.2 Å². The fourth-order valence-electron chi connectivity index (χ4n) is 2.50. The number of rotatable bonds is 2. The van der Waals surface area contributed by atoms with Crippen molar-refractivity contribution in [3.63, 3.8) is 0 Å². The molecule has 3 rings (SSSR count). The predicted molar refractivity (Wildman–Crippen MR) is 82.9 cm³/mol. The van der Waals surface area contributed by atoms with E-state index in [1.54, 1.807) is 39.0 Å². The summed E-state index contributed by atoms with van der Waals surface area (Å²) in [4.78, 5) is 12.6. The van der Waals surface area contributed by atoms with Gasteiger partial charge in [0.05, 0.1) is 17.1 Å². The molecule has 0 saturated heterocycles. The van der Waals surface area contributed by atoms with E-state index in [2.05, 4.69) is 0 Å². The first-order valence-corrected chi connectivity index (χ1v) is 8.25. The Bertz CT molecular complexity index is 842. The van der Waals surface area contributed by atoms with Crippen molar-refractivity contribution in [3.8, 4) is 0 Å². The molecule has 0 fully saturated rings. The van der Waals surface area contributed by atoms with Crippen LogP contribution < -0.4 is 4.31 Å². The lowest BCUT2D eigenvalue weighted by Gasteiger charge is -2.23. The third-order valence-corrected chi connectivity index (χ3v) is 5.61. The Hall–Kier alpha value is -1.88. The van der Waals surface area contributed by atoms with Gasteiger partial charge >= 0.3 is 0 Å². The van der Waals surface area contributed by atoms with Gasteiger partial charge in [0.2, 0.25) is 0 Å². The molecule has 0 bridgehead atoms. The Morgan fingerprint density at radius 3 is 2.33 bits per heavy atom. The molecule has 21 heavy (non-hydrogen) atoms. The summed E-state index contributed by atoms with van der Waals surface area (Å²) in [6, 6.07) is 10.7. The van der Waals surface area contributed by atoms with E-state index in [9.17, 15) is 13.2 Å². The molecular weight excluding hydrogens is 286 g/mol. The van der Waals surface area contributed by atoms with Crippen molar-refractivity contribution in [1.29, 1.82) is 0 Å². The fourth-order valence-corrected chi connectivity index (χ4v) is 4.16. The highest BCUT2D eigenvalue weighted by Crippen LogP contribution is 2.42. The number of nitrogens with zero attached hydrogens (tertiary/aromatic N) is 1. The maximum absolute atomic E-state index is 12.7. The maximum atomic E-state index is 12.7. The molecule has 0 aliphatic carbocycles. The van der Waals surface area contributed by atoms with E-state index < -0.39 is 15.4 Å². The Balaban J connectivity index is 2.18. The van der Waals surface area contributed by atoms with E-state index in [1.165, 1.54) is 4.31 Å². The van der Waals surface area contributed by atoms with Gasteiger partial charge in [0.15, 0.2) is 5.78 Å². The first-order valence-electron chi connectivity index (χ1n) is 6.81. The van der Waals surface area contributed by atoms with Gasteiger partial charge in [0.1, 0.15) is 0 Å². The summed E-state index contributed by atoms with van der Waals surface area (Å²) in [5, 5.41) is 1.58. The smallest absolute Gasteiger partial charge is 0.265 e. The minimum Gasteiger partial charge on any atom is -0.297 e. The van der Waals surface area contributed by atoms with E-state index in [1.807, 2.05) is 18.2 Å². The van der Waals surface area contributed by atoms with Crippen LogP contribution in [0.1, 0.15) is 20.8 Å². The maximum Gasteiger partial charge on any atom is 0.265 e. The fraction of sp³-hybridized carbons (Fsp3) is 0.312. The highest BCUT2D eigenvalue weighted by molar-refractivity contribution is 7.93. The molecule has 0 saturated carbocycles. The van der Waals surface area contributed by atoms with Crippen LogP contribution in [-0.2, 0) is 14.8 Å². The summed E-state index contributed by atoms with van der Waals surface area (Å²) >= 11 is 0. The molecule has 2 aromatic rings. The van der Waals surface area contributed by atoms with Crippen LogP contribution in [0.25, 0.3) is 10.8 Å². The normalized spacial score (nSPS) is 16.4. The molecule has 1 aliphatic rings. The van der Waals surface area contributed by atoms with Gasteiger partial charge < -0.3 is 0 Å². The number of ketones is 1. The summed E-state index contributed by atoms with van der Waals surface area (Å²) in [5.74, 6) is -0.101. The molecule has 110 valence electrons. The third kappa shape index (κ3) is 2.03. The topological polar surface area (TPSA) is 54.5 Å². The Morgan fingerprint density at radius 1 is 1.10 bits per heavy atom. The average molecular weight is 303 g/mol. The number of anilines is 1. The van der Waals surface area contributed by atoms with Crippen LogP contribution >= 0.6 is 0 Å². The summed E-state index contributed by atoms with van der Waals surface area (Å²) in [6.45, 7) is 5.27. The number of hydrogen-bond acceptors (Lipinski definition) is 3. The van der Waals surface area contributed by atoms with Gasteiger partial charge in [-0.1, -0.05) is 45.0 Å². The number of benzene rings is 2. The minimum atomic E-state index is -3.64. The largest absolute Gasteiger partial charge is 0.297 e. The molecule has 1 heterocycles. The van der Waals surface area contributed by atoms with Crippen molar-refractivity contribution in [2.75, 3.05) is 10.8 Å². The van der Waals surface area contributed by atoms with Crippen molar-refractivity contribution in [3.05, 3.63) is 36.4 Å². The van der Waals surface area contributed by atoms with Crippen LogP contribution in [0.4, 0.5) is 5.69 Å². The lowest BCUT2D eigenvalue weighted by molar-refractivity contribution is -0.124. The van der Waals surface area contributed by atoms with Gasteiger partial charge in [-0.2, -0.15) is 0 Å². The number of hydrogen-bond donors (Lipinski definition) is 0. The van der Waals surface area contributed by atoms with E-state index in [0.29, 0.717) is 11.1 Å². The molecule has 2 aromatic carbocycles. The van der Waals surface area contributed by atoms with Crippen molar-refractivity contribution >= 4 is 32.3 Å². The summed E-state index contributed by atoms with van der Waals surface area (Å²) < 4.78 is 26.6. The zero-order chi connectivity index (χ0) is 15.4. The molecule has 5 heteroatoms. The van der Waals surface area contributed by atoms with Gasteiger partial charge in [0, 0.05) is 10.8 Å². The summed E-state index contributed by atoms with van der Waals surface area (Å²) in [5.41, 5.74) is 0.0266. The minimum absolute atomic E-state index is 0.101. The van der Waals surface area contributed by atoms with Gasteiger partial charge in [-0.3, -0.25) is 9.10 Å². The van der Waals surface area contributed by atoms with E-state index in [0.717, 1.165) is 5.39 Å². The first kappa shape index (κ1) is 14.1. The van der Waals surface area contributed by atoms with E-state index >= 15 is 0 Å². The average Bonchev–Trinajstić information content (AvgIpc) is 2.62. The molecular formula is C16H17NO3S. The van der Waals surface area contributed by atoms with Gasteiger partial charge in [-0.15, -0.1) is 0 Å². The first-order chi connectivity index (χ1) is 9.73. The van der Waals surface area contributed by atoms with Crippen LogP contribution in [0, 0.1) is 5.41 Å². The van der Waals surface area contributed by atoms with Crippen LogP contribution in [0.15, 0.2) is 41.3 Å². The standard InChI is InChI=1S/C16H17NO3S/c1-16(2,3)14(18)10-17-12-8-4-6-11-7-5-9-13(15(11)12)21(17,19)20/h4-9H,10H2,1-3H3. The lowest BCUT2D eigenvalue weighted by atomic mass is 9.91. The second-order valence-corrected chi connectivity index (χ2v) is 8.15. The zero-order valence-corrected chi connectivity index (χ0v) is 13.1. The Kier molecular flexibility index (Phi) is 2.89. The predicted octanol–water partition coefficient (Wildman–Crippen LogP) is 2.96. The van der Waals surface area contributed by atoms with E-state index in [-0.39, 0.29) is 17.2 Å². The molecule has 4 nitrogen and oxygen atoms in total. The van der Waals surface area contributed by atoms with Gasteiger partial charge in [0.25, 0.3) is 10.0 Å². The zero-order valence-electron chi connectivity index (χ0n) is 12.3. The van der Waals surface area contributed by atoms with Crippen LogP contribution in [0.3, 0.4) is 0 Å². The molecule has 0 amide bonds. The highest BCUT2D eigenvalue weighted by atomic mass is 32.2. The molecule has 0 spiro atoms. The Labute approximate surface area is 124 Å². The monoisotopic (exact) mass is 303 g/mol. The number of sulfonamides is 1. The van der Waals surface area contributed by atoms with Crippen LogP contribution in [0.2, 0.25) is 0 Å². The highest BCUT2D eigenvalue weighted by Gasteiger charge is 2.38. The lowest BCUT2D eigenvalue weighted by Crippen LogP contribution is -2.37. The molecule has 0 aromatic heterocycles. The number of carbonyl (C=O) groups excluding carboxylic acids is 1.